The van der Waals surface area contributed by atoms with Crippen molar-refractivity contribution < 1.29 is 27.4 Å². The molecule has 1 heterocycles. The van der Waals surface area contributed by atoms with Crippen molar-refractivity contribution in [2.75, 3.05) is 37.5 Å². The van der Waals surface area contributed by atoms with E-state index in [0.717, 1.165) is 12.8 Å². The summed E-state index contributed by atoms with van der Waals surface area (Å²) < 4.78 is 44.0. The van der Waals surface area contributed by atoms with Gasteiger partial charge in [0.2, 0.25) is 5.91 Å². The lowest BCUT2D eigenvalue weighted by molar-refractivity contribution is -0.119. The second kappa shape index (κ2) is 8.60. The van der Waals surface area contributed by atoms with Crippen molar-refractivity contribution in [1.29, 1.82) is 0 Å². The van der Waals surface area contributed by atoms with Gasteiger partial charge in [0.25, 0.3) is 10.0 Å². The average molecular weight is 420 g/mol. The number of hydrogen-bond acceptors (Lipinski definition) is 6. The molecule has 0 aliphatic carbocycles. The summed E-state index contributed by atoms with van der Waals surface area (Å²) in [5, 5.41) is 0. The lowest BCUT2D eigenvalue weighted by atomic mass is 10.1. The number of amides is 1. The molecule has 2 aromatic rings. The van der Waals surface area contributed by atoms with Crippen LogP contribution in [0.25, 0.3) is 0 Å². The summed E-state index contributed by atoms with van der Waals surface area (Å²) >= 11 is 0. The summed E-state index contributed by atoms with van der Waals surface area (Å²) in [7, 11) is 0.548. The Hall–Kier alpha value is -2.94. The third kappa shape index (κ3) is 4.40. The number of benzene rings is 2. The van der Waals surface area contributed by atoms with Gasteiger partial charge in [-0.15, -0.1) is 0 Å². The van der Waals surface area contributed by atoms with Gasteiger partial charge < -0.3 is 19.1 Å². The number of carbonyl (C=O) groups is 1. The van der Waals surface area contributed by atoms with Crippen molar-refractivity contribution in [2.24, 2.45) is 0 Å². The van der Waals surface area contributed by atoms with Crippen molar-refractivity contribution in [1.82, 2.24) is 0 Å². The highest BCUT2D eigenvalue weighted by molar-refractivity contribution is 7.92. The number of rotatable bonds is 7. The zero-order chi connectivity index (χ0) is 21.0. The third-order valence-electron chi connectivity index (χ3n) is 4.71. The maximum atomic E-state index is 12.9. The summed E-state index contributed by atoms with van der Waals surface area (Å²) in [4.78, 5) is 14.0. The molecule has 0 bridgehead atoms. The molecule has 1 amide bonds. The van der Waals surface area contributed by atoms with Crippen LogP contribution in [-0.4, -0.2) is 42.2 Å². The van der Waals surface area contributed by atoms with Crippen LogP contribution in [0, 0.1) is 0 Å². The highest BCUT2D eigenvalue weighted by Crippen LogP contribution is 2.35. The number of anilines is 2. The fourth-order valence-electron chi connectivity index (χ4n) is 3.22. The van der Waals surface area contributed by atoms with Gasteiger partial charge in [0, 0.05) is 19.0 Å². The Balaban J connectivity index is 1.93. The predicted molar refractivity (Wildman–Crippen MR) is 110 cm³/mol. The van der Waals surface area contributed by atoms with E-state index in [-0.39, 0.29) is 10.8 Å². The summed E-state index contributed by atoms with van der Waals surface area (Å²) in [6.45, 7) is 0.571. The zero-order valence-electron chi connectivity index (χ0n) is 16.6. The fraction of sp³-hybridized carbons (Fsp3) is 0.350. The van der Waals surface area contributed by atoms with Crippen LogP contribution in [0.3, 0.4) is 0 Å². The molecule has 3 rings (SSSR count). The van der Waals surface area contributed by atoms with Crippen LogP contribution in [0.2, 0.25) is 0 Å². The minimum atomic E-state index is -3.88. The van der Waals surface area contributed by atoms with Crippen LogP contribution < -0.4 is 23.8 Å². The normalized spacial score (nSPS) is 14.4. The number of ether oxygens (including phenoxy) is 3. The molecule has 29 heavy (non-hydrogen) atoms. The molecular weight excluding hydrogens is 396 g/mol. The van der Waals surface area contributed by atoms with Crippen molar-refractivity contribution in [3.8, 4) is 17.2 Å². The molecule has 0 atom stereocenters. The first kappa shape index (κ1) is 20.8. The number of piperidine rings is 1. The van der Waals surface area contributed by atoms with Crippen LogP contribution in [0.1, 0.15) is 19.3 Å². The SMILES string of the molecule is COc1ccc(S(=O)(=O)Nc2ccc(OC)c(N3CCCCC3=O)c2)cc1OC. The van der Waals surface area contributed by atoms with Gasteiger partial charge in [-0.1, -0.05) is 0 Å². The molecule has 1 aliphatic rings. The summed E-state index contributed by atoms with van der Waals surface area (Å²) in [6, 6.07) is 9.19. The van der Waals surface area contributed by atoms with E-state index < -0.39 is 10.0 Å². The Morgan fingerprint density at radius 3 is 2.24 bits per heavy atom. The fourth-order valence-corrected chi connectivity index (χ4v) is 4.29. The second-order valence-electron chi connectivity index (χ2n) is 6.51. The maximum absolute atomic E-state index is 12.9. The minimum absolute atomic E-state index is 0.00514. The summed E-state index contributed by atoms with van der Waals surface area (Å²) in [6.07, 6.45) is 2.20. The second-order valence-corrected chi connectivity index (χ2v) is 8.19. The zero-order valence-corrected chi connectivity index (χ0v) is 17.4. The van der Waals surface area contributed by atoms with Crippen LogP contribution in [0.15, 0.2) is 41.3 Å². The van der Waals surface area contributed by atoms with Gasteiger partial charge in [-0.2, -0.15) is 0 Å². The standard InChI is InChI=1S/C20H24N2O6S/c1-26-17-9-7-14(12-16(17)22-11-5-4-6-20(22)23)21-29(24,25)15-8-10-18(27-2)19(13-15)28-3/h7-10,12-13,21H,4-6,11H2,1-3H3. The van der Waals surface area contributed by atoms with E-state index in [9.17, 15) is 13.2 Å². The topological polar surface area (TPSA) is 94.2 Å². The average Bonchev–Trinajstić information content (AvgIpc) is 2.73. The number of nitrogens with one attached hydrogen (secondary N) is 1. The first-order valence-electron chi connectivity index (χ1n) is 9.13. The molecule has 0 saturated carbocycles. The van der Waals surface area contributed by atoms with Crippen molar-refractivity contribution in [2.45, 2.75) is 24.2 Å². The highest BCUT2D eigenvalue weighted by Gasteiger charge is 2.24. The molecule has 1 saturated heterocycles. The van der Waals surface area contributed by atoms with E-state index >= 15 is 0 Å². The Morgan fingerprint density at radius 2 is 1.59 bits per heavy atom. The largest absolute Gasteiger partial charge is 0.495 e. The van der Waals surface area contributed by atoms with Gasteiger partial charge in [-0.25, -0.2) is 8.42 Å². The van der Waals surface area contributed by atoms with Gasteiger partial charge in [0.05, 0.1) is 37.6 Å². The molecule has 0 unspecified atom stereocenters. The van der Waals surface area contributed by atoms with Gasteiger partial charge in [0.15, 0.2) is 11.5 Å². The Kier molecular flexibility index (Phi) is 6.17. The minimum Gasteiger partial charge on any atom is -0.495 e. The maximum Gasteiger partial charge on any atom is 0.262 e. The molecule has 1 fully saturated rings. The highest BCUT2D eigenvalue weighted by atomic mass is 32.2. The van der Waals surface area contributed by atoms with E-state index in [0.29, 0.717) is 41.6 Å². The molecule has 156 valence electrons. The summed E-state index contributed by atoms with van der Waals surface area (Å²) in [5.74, 6) is 1.25. The molecule has 1 N–H and O–H groups in total. The lowest BCUT2D eigenvalue weighted by Crippen LogP contribution is -2.35. The molecule has 9 heteroatoms. The van der Waals surface area contributed by atoms with Crippen LogP contribution in [0.4, 0.5) is 11.4 Å². The molecule has 0 radical (unpaired) electrons. The molecule has 8 nitrogen and oxygen atoms in total. The molecule has 1 aliphatic heterocycles. The Bertz CT molecular complexity index is 1010. The van der Waals surface area contributed by atoms with Crippen molar-refractivity contribution in [3.05, 3.63) is 36.4 Å². The van der Waals surface area contributed by atoms with E-state index in [1.165, 1.54) is 39.5 Å². The number of sulfonamides is 1. The predicted octanol–water partition coefficient (Wildman–Crippen LogP) is 3.03. The van der Waals surface area contributed by atoms with Crippen LogP contribution >= 0.6 is 0 Å². The number of carbonyl (C=O) groups excluding carboxylic acids is 1. The monoisotopic (exact) mass is 420 g/mol. The first-order valence-corrected chi connectivity index (χ1v) is 10.6. The number of nitrogens with zero attached hydrogens (tertiary/aromatic N) is 1. The van der Waals surface area contributed by atoms with Crippen LogP contribution in [0.5, 0.6) is 17.2 Å². The Morgan fingerprint density at radius 1 is 0.897 bits per heavy atom. The molecule has 0 spiro atoms. The molecule has 2 aromatic carbocycles. The van der Waals surface area contributed by atoms with Crippen molar-refractivity contribution >= 4 is 27.3 Å². The number of methoxy groups -OCH3 is 3. The van der Waals surface area contributed by atoms with Crippen LogP contribution in [-0.2, 0) is 14.8 Å². The van der Waals surface area contributed by atoms with Gasteiger partial charge >= 0.3 is 0 Å². The van der Waals surface area contributed by atoms with Gasteiger partial charge in [-0.3, -0.25) is 9.52 Å². The van der Waals surface area contributed by atoms with E-state index in [4.69, 9.17) is 14.2 Å². The van der Waals surface area contributed by atoms with E-state index in [2.05, 4.69) is 4.72 Å². The van der Waals surface area contributed by atoms with Gasteiger partial charge in [-0.05, 0) is 43.2 Å². The quantitative estimate of drug-likeness (QED) is 0.740. The number of hydrogen-bond donors (Lipinski definition) is 1. The van der Waals surface area contributed by atoms with E-state index in [1.807, 2.05) is 0 Å². The lowest BCUT2D eigenvalue weighted by Gasteiger charge is -2.28. The molecular formula is C20H24N2O6S. The Labute approximate surface area is 170 Å². The van der Waals surface area contributed by atoms with Crippen molar-refractivity contribution in [3.63, 3.8) is 0 Å². The first-order chi connectivity index (χ1) is 13.9. The summed E-state index contributed by atoms with van der Waals surface area (Å²) in [5.41, 5.74) is 0.874. The van der Waals surface area contributed by atoms with E-state index in [1.54, 1.807) is 23.1 Å². The molecule has 0 aromatic heterocycles. The third-order valence-corrected chi connectivity index (χ3v) is 6.09. The van der Waals surface area contributed by atoms with Gasteiger partial charge in [0.1, 0.15) is 5.75 Å². The smallest absolute Gasteiger partial charge is 0.262 e.